The highest BCUT2D eigenvalue weighted by Gasteiger charge is 2.14. The fraction of sp³-hybridized carbons (Fsp3) is 0.130. The zero-order chi connectivity index (χ0) is 21.3. The van der Waals surface area contributed by atoms with E-state index in [4.69, 9.17) is 14.7 Å². The number of ether oxygens (including phenoxy) is 1. The molecule has 0 saturated heterocycles. The summed E-state index contributed by atoms with van der Waals surface area (Å²) in [5, 5.41) is 0. The molecule has 4 rings (SSSR count). The number of aromatic nitrogens is 2. The Morgan fingerprint density at radius 3 is 2.53 bits per heavy atom. The van der Waals surface area contributed by atoms with Crippen LogP contribution in [0.3, 0.4) is 0 Å². The molecule has 152 valence electrons. The Morgan fingerprint density at radius 2 is 1.83 bits per heavy atom. The molecular weight excluding hydrogens is 508 g/mol. The summed E-state index contributed by atoms with van der Waals surface area (Å²) in [6, 6.07) is 18.2. The third kappa shape index (κ3) is 4.00. The number of fused-ring (bicyclic) bond motifs is 1. The Balaban J connectivity index is 1.85. The van der Waals surface area contributed by atoms with Gasteiger partial charge >= 0.3 is 0 Å². The summed E-state index contributed by atoms with van der Waals surface area (Å²) in [7, 11) is 5.70. The Bertz CT molecular complexity index is 1230. The number of methoxy groups -OCH3 is 1. The third-order valence-electron chi connectivity index (χ3n) is 4.73. The first-order chi connectivity index (χ1) is 14.5. The minimum absolute atomic E-state index is 0.729. The van der Waals surface area contributed by atoms with Crippen LogP contribution >= 0.6 is 31.9 Å². The van der Waals surface area contributed by atoms with Gasteiger partial charge in [0, 0.05) is 47.8 Å². The van der Waals surface area contributed by atoms with Gasteiger partial charge in [0.05, 0.1) is 11.6 Å². The minimum atomic E-state index is 0.729. The first kappa shape index (κ1) is 20.6. The number of rotatable bonds is 5. The van der Waals surface area contributed by atoms with E-state index in [1.807, 2.05) is 61.2 Å². The minimum Gasteiger partial charge on any atom is -0.495 e. The van der Waals surface area contributed by atoms with E-state index in [9.17, 15) is 0 Å². The maximum atomic E-state index is 5.55. The average Bonchev–Trinajstić information content (AvgIpc) is 3.10. The van der Waals surface area contributed by atoms with Gasteiger partial charge in [0.1, 0.15) is 17.1 Å². The molecule has 0 N–H and O–H groups in total. The normalized spacial score (nSPS) is 11.4. The van der Waals surface area contributed by atoms with Gasteiger partial charge in [0.15, 0.2) is 5.82 Å². The lowest BCUT2D eigenvalue weighted by molar-refractivity contribution is 0.411. The van der Waals surface area contributed by atoms with E-state index in [1.165, 1.54) is 0 Å². The van der Waals surface area contributed by atoms with Crippen LogP contribution in [-0.2, 0) is 0 Å². The summed E-state index contributed by atoms with van der Waals surface area (Å²) in [5.41, 5.74) is 4.68. The SMILES string of the molecule is COc1c(Br)cc(Br)cc1C=Nc1c(-c2ccc(N(C)C)cc2)nc2ccccn12. The summed E-state index contributed by atoms with van der Waals surface area (Å²) in [6.07, 6.45) is 3.78. The molecule has 0 unspecified atom stereocenters. The van der Waals surface area contributed by atoms with Gasteiger partial charge in [-0.1, -0.05) is 34.1 Å². The monoisotopic (exact) mass is 526 g/mol. The van der Waals surface area contributed by atoms with Gasteiger partial charge in [-0.3, -0.25) is 4.40 Å². The summed E-state index contributed by atoms with van der Waals surface area (Å²) < 4.78 is 9.34. The van der Waals surface area contributed by atoms with Crippen LogP contribution in [0.25, 0.3) is 16.9 Å². The standard InChI is InChI=1S/C23H20Br2N4O/c1-28(2)18-9-7-15(8-10-18)21-23(29-11-5-4-6-20(29)27-21)26-14-16-12-17(24)13-19(25)22(16)30-3/h4-14H,1-3H3. The van der Waals surface area contributed by atoms with Gasteiger partial charge < -0.3 is 9.64 Å². The summed E-state index contributed by atoms with van der Waals surface area (Å²) in [4.78, 5) is 11.7. The summed E-state index contributed by atoms with van der Waals surface area (Å²) >= 11 is 7.08. The van der Waals surface area contributed by atoms with E-state index >= 15 is 0 Å². The van der Waals surface area contributed by atoms with E-state index in [-0.39, 0.29) is 0 Å². The first-order valence-electron chi connectivity index (χ1n) is 9.30. The lowest BCUT2D eigenvalue weighted by Gasteiger charge is -2.12. The molecule has 2 heterocycles. The zero-order valence-electron chi connectivity index (χ0n) is 16.8. The van der Waals surface area contributed by atoms with Crippen molar-refractivity contribution >= 4 is 55.2 Å². The van der Waals surface area contributed by atoms with Gasteiger partial charge in [0.2, 0.25) is 0 Å². The quantitative estimate of drug-likeness (QED) is 0.284. The van der Waals surface area contributed by atoms with Crippen molar-refractivity contribution < 1.29 is 4.74 Å². The molecule has 0 amide bonds. The number of nitrogens with zero attached hydrogens (tertiary/aromatic N) is 4. The van der Waals surface area contributed by atoms with Gasteiger partial charge in [-0.15, -0.1) is 0 Å². The van der Waals surface area contributed by atoms with Crippen molar-refractivity contribution in [1.82, 2.24) is 9.38 Å². The summed E-state index contributed by atoms with van der Waals surface area (Å²) in [5.74, 6) is 1.49. The number of halogens is 2. The van der Waals surface area contributed by atoms with E-state index in [1.54, 1.807) is 7.11 Å². The number of hydrogen-bond acceptors (Lipinski definition) is 4. The number of hydrogen-bond donors (Lipinski definition) is 0. The second-order valence-electron chi connectivity index (χ2n) is 6.92. The van der Waals surface area contributed by atoms with Crippen molar-refractivity contribution in [1.29, 1.82) is 0 Å². The van der Waals surface area contributed by atoms with Crippen molar-refractivity contribution in [3.63, 3.8) is 0 Å². The van der Waals surface area contributed by atoms with Crippen LogP contribution in [-0.4, -0.2) is 36.8 Å². The van der Waals surface area contributed by atoms with Crippen LogP contribution in [0.15, 0.2) is 74.7 Å². The molecule has 0 radical (unpaired) electrons. The molecule has 0 spiro atoms. The van der Waals surface area contributed by atoms with Crippen molar-refractivity contribution in [2.45, 2.75) is 0 Å². The van der Waals surface area contributed by atoms with E-state index in [0.29, 0.717) is 0 Å². The molecule has 0 fully saturated rings. The lowest BCUT2D eigenvalue weighted by atomic mass is 10.1. The predicted molar refractivity (Wildman–Crippen MR) is 131 cm³/mol. The molecule has 2 aromatic heterocycles. The van der Waals surface area contributed by atoms with Crippen LogP contribution in [0.5, 0.6) is 5.75 Å². The molecular formula is C23H20Br2N4O. The molecule has 0 saturated carbocycles. The number of benzene rings is 2. The number of imidazole rings is 1. The Hall–Kier alpha value is -2.64. The summed E-state index contributed by atoms with van der Waals surface area (Å²) in [6.45, 7) is 0. The van der Waals surface area contributed by atoms with Crippen LogP contribution in [0.4, 0.5) is 11.5 Å². The zero-order valence-corrected chi connectivity index (χ0v) is 20.0. The highest BCUT2D eigenvalue weighted by molar-refractivity contribution is 9.11. The molecule has 2 aromatic carbocycles. The molecule has 0 aliphatic rings. The predicted octanol–water partition coefficient (Wildman–Crippen LogP) is 6.35. The maximum absolute atomic E-state index is 5.55. The first-order valence-corrected chi connectivity index (χ1v) is 10.9. The Morgan fingerprint density at radius 1 is 1.07 bits per heavy atom. The van der Waals surface area contributed by atoms with Crippen LogP contribution in [0.1, 0.15) is 5.56 Å². The molecule has 0 aliphatic heterocycles. The van der Waals surface area contributed by atoms with Gasteiger partial charge in [-0.2, -0.15) is 0 Å². The molecule has 30 heavy (non-hydrogen) atoms. The fourth-order valence-corrected chi connectivity index (χ4v) is 4.66. The van der Waals surface area contributed by atoms with Crippen molar-refractivity contribution in [3.8, 4) is 17.0 Å². The Kier molecular flexibility index (Phi) is 5.92. The van der Waals surface area contributed by atoms with Crippen LogP contribution in [0, 0.1) is 0 Å². The third-order valence-corrected chi connectivity index (χ3v) is 5.78. The highest BCUT2D eigenvalue weighted by atomic mass is 79.9. The highest BCUT2D eigenvalue weighted by Crippen LogP contribution is 2.34. The average molecular weight is 528 g/mol. The molecule has 7 heteroatoms. The van der Waals surface area contributed by atoms with Crippen molar-refractivity contribution in [2.75, 3.05) is 26.1 Å². The van der Waals surface area contributed by atoms with Crippen LogP contribution < -0.4 is 9.64 Å². The molecule has 0 bridgehead atoms. The Labute approximate surface area is 192 Å². The van der Waals surface area contributed by atoms with Crippen LogP contribution in [0.2, 0.25) is 0 Å². The lowest BCUT2D eigenvalue weighted by Crippen LogP contribution is -2.07. The van der Waals surface area contributed by atoms with E-state index in [2.05, 4.69) is 61.0 Å². The molecule has 5 nitrogen and oxygen atoms in total. The topological polar surface area (TPSA) is 42.1 Å². The second kappa shape index (κ2) is 8.62. The fourth-order valence-electron chi connectivity index (χ4n) is 3.24. The maximum Gasteiger partial charge on any atom is 0.165 e. The smallest absolute Gasteiger partial charge is 0.165 e. The molecule has 0 atom stereocenters. The largest absolute Gasteiger partial charge is 0.495 e. The van der Waals surface area contributed by atoms with Crippen molar-refractivity contribution in [2.24, 2.45) is 4.99 Å². The van der Waals surface area contributed by atoms with Gasteiger partial charge in [-0.05, 0) is 52.3 Å². The van der Waals surface area contributed by atoms with Gasteiger partial charge in [0.25, 0.3) is 0 Å². The van der Waals surface area contributed by atoms with Gasteiger partial charge in [-0.25, -0.2) is 9.98 Å². The van der Waals surface area contributed by atoms with Crippen molar-refractivity contribution in [3.05, 3.63) is 75.3 Å². The number of pyridine rings is 1. The number of anilines is 1. The molecule has 4 aromatic rings. The number of aliphatic imine (C=N–C) groups is 1. The van der Waals surface area contributed by atoms with E-state index < -0.39 is 0 Å². The molecule has 0 aliphatic carbocycles. The van der Waals surface area contributed by atoms with E-state index in [0.717, 1.165) is 48.7 Å². The second-order valence-corrected chi connectivity index (χ2v) is 8.69.